The van der Waals surface area contributed by atoms with Crippen LogP contribution in [0.4, 0.5) is 4.39 Å². The van der Waals surface area contributed by atoms with Gasteiger partial charge in [0.25, 0.3) is 0 Å². The van der Waals surface area contributed by atoms with Crippen LogP contribution in [0.5, 0.6) is 0 Å². The number of nitrogens with zero attached hydrogens (tertiary/aromatic N) is 2. The normalized spacial score (nSPS) is 14.8. The SMILES string of the molecule is Cc1cc(F)ccc1-c1noc(CNCC2CC2)n1. The summed E-state index contributed by atoms with van der Waals surface area (Å²) in [5.74, 6) is 1.65. The van der Waals surface area contributed by atoms with Gasteiger partial charge in [-0.3, -0.25) is 0 Å². The molecular weight excluding hydrogens is 245 g/mol. The van der Waals surface area contributed by atoms with Gasteiger partial charge in [0, 0.05) is 5.56 Å². The van der Waals surface area contributed by atoms with Crippen LogP contribution in [0.25, 0.3) is 11.4 Å². The number of nitrogens with one attached hydrogen (secondary N) is 1. The fourth-order valence-corrected chi connectivity index (χ4v) is 2.02. The molecule has 3 rings (SSSR count). The molecule has 1 aromatic heterocycles. The van der Waals surface area contributed by atoms with E-state index in [1.807, 2.05) is 6.92 Å². The molecule has 0 aliphatic heterocycles. The van der Waals surface area contributed by atoms with Gasteiger partial charge in [0.2, 0.25) is 11.7 Å². The largest absolute Gasteiger partial charge is 0.338 e. The summed E-state index contributed by atoms with van der Waals surface area (Å²) in [6.45, 7) is 3.43. The minimum Gasteiger partial charge on any atom is -0.338 e. The number of hydrogen-bond acceptors (Lipinski definition) is 4. The van der Waals surface area contributed by atoms with E-state index in [0.29, 0.717) is 18.3 Å². The summed E-state index contributed by atoms with van der Waals surface area (Å²) in [6.07, 6.45) is 2.63. The molecule has 1 heterocycles. The second-order valence-corrected chi connectivity index (χ2v) is 5.05. The van der Waals surface area contributed by atoms with Gasteiger partial charge in [-0.05, 0) is 56.0 Å². The lowest BCUT2D eigenvalue weighted by Crippen LogP contribution is -2.16. The lowest BCUT2D eigenvalue weighted by atomic mass is 10.1. The van der Waals surface area contributed by atoms with Gasteiger partial charge in [0.05, 0.1) is 6.54 Å². The Morgan fingerprint density at radius 1 is 1.42 bits per heavy atom. The molecule has 4 nitrogen and oxygen atoms in total. The molecule has 2 aromatic rings. The molecule has 0 bridgehead atoms. The fourth-order valence-electron chi connectivity index (χ4n) is 2.02. The van der Waals surface area contributed by atoms with E-state index in [-0.39, 0.29) is 5.82 Å². The second-order valence-electron chi connectivity index (χ2n) is 5.05. The van der Waals surface area contributed by atoms with E-state index in [9.17, 15) is 4.39 Å². The van der Waals surface area contributed by atoms with Crippen LogP contribution < -0.4 is 5.32 Å². The molecule has 1 aliphatic carbocycles. The van der Waals surface area contributed by atoms with Gasteiger partial charge in [-0.1, -0.05) is 5.16 Å². The quantitative estimate of drug-likeness (QED) is 0.899. The van der Waals surface area contributed by atoms with E-state index < -0.39 is 0 Å². The summed E-state index contributed by atoms with van der Waals surface area (Å²) in [5.41, 5.74) is 1.61. The molecule has 1 N–H and O–H groups in total. The van der Waals surface area contributed by atoms with Crippen molar-refractivity contribution in [3.8, 4) is 11.4 Å². The van der Waals surface area contributed by atoms with Crippen molar-refractivity contribution >= 4 is 0 Å². The first-order chi connectivity index (χ1) is 9.22. The summed E-state index contributed by atoms with van der Waals surface area (Å²) in [4.78, 5) is 4.33. The van der Waals surface area contributed by atoms with E-state index >= 15 is 0 Å². The van der Waals surface area contributed by atoms with Crippen molar-refractivity contribution in [3.63, 3.8) is 0 Å². The molecule has 0 saturated heterocycles. The van der Waals surface area contributed by atoms with E-state index in [1.165, 1.54) is 25.0 Å². The number of hydrogen-bond donors (Lipinski definition) is 1. The highest BCUT2D eigenvalue weighted by Crippen LogP contribution is 2.27. The van der Waals surface area contributed by atoms with Crippen molar-refractivity contribution in [1.29, 1.82) is 0 Å². The van der Waals surface area contributed by atoms with Crippen LogP contribution in [0, 0.1) is 18.7 Å². The maximum atomic E-state index is 13.0. The highest BCUT2D eigenvalue weighted by atomic mass is 19.1. The van der Waals surface area contributed by atoms with Crippen molar-refractivity contribution in [1.82, 2.24) is 15.5 Å². The highest BCUT2D eigenvalue weighted by molar-refractivity contribution is 5.59. The summed E-state index contributed by atoms with van der Waals surface area (Å²) in [5, 5.41) is 7.24. The maximum Gasteiger partial charge on any atom is 0.240 e. The van der Waals surface area contributed by atoms with Crippen LogP contribution in [0.2, 0.25) is 0 Å². The first-order valence-corrected chi connectivity index (χ1v) is 6.52. The van der Waals surface area contributed by atoms with E-state index in [2.05, 4.69) is 15.5 Å². The Morgan fingerprint density at radius 2 is 2.26 bits per heavy atom. The number of aromatic nitrogens is 2. The molecule has 1 aromatic carbocycles. The Morgan fingerprint density at radius 3 is 3.00 bits per heavy atom. The molecule has 0 radical (unpaired) electrons. The molecule has 19 heavy (non-hydrogen) atoms. The zero-order valence-electron chi connectivity index (χ0n) is 10.8. The summed E-state index contributed by atoms with van der Waals surface area (Å²) >= 11 is 0. The first kappa shape index (κ1) is 12.3. The average Bonchev–Trinajstić information content (AvgIpc) is 3.07. The standard InChI is InChI=1S/C14H16FN3O/c1-9-6-11(15)4-5-12(9)14-17-13(19-18-14)8-16-7-10-2-3-10/h4-6,10,16H,2-3,7-8H2,1H3. The number of rotatable bonds is 5. The predicted octanol–water partition coefficient (Wildman–Crippen LogP) is 2.68. The number of aryl methyl sites for hydroxylation is 1. The Hall–Kier alpha value is -1.75. The van der Waals surface area contributed by atoms with Crippen molar-refractivity contribution < 1.29 is 8.91 Å². The molecule has 1 aliphatic rings. The third-order valence-corrected chi connectivity index (χ3v) is 3.30. The van der Waals surface area contributed by atoms with Crippen LogP contribution in [0.1, 0.15) is 24.3 Å². The molecule has 1 saturated carbocycles. The van der Waals surface area contributed by atoms with Gasteiger partial charge in [0.15, 0.2) is 0 Å². The van der Waals surface area contributed by atoms with Crippen molar-refractivity contribution in [3.05, 3.63) is 35.5 Å². The lowest BCUT2D eigenvalue weighted by molar-refractivity contribution is 0.367. The van der Waals surface area contributed by atoms with Crippen LogP contribution >= 0.6 is 0 Å². The second kappa shape index (κ2) is 5.09. The number of benzene rings is 1. The van der Waals surface area contributed by atoms with E-state index in [4.69, 9.17) is 4.52 Å². The minimum absolute atomic E-state index is 0.254. The number of halogens is 1. The predicted molar refractivity (Wildman–Crippen MR) is 68.9 cm³/mol. The van der Waals surface area contributed by atoms with Crippen LogP contribution in [-0.4, -0.2) is 16.7 Å². The van der Waals surface area contributed by atoms with Crippen molar-refractivity contribution in [2.75, 3.05) is 6.54 Å². The molecule has 0 spiro atoms. The van der Waals surface area contributed by atoms with Gasteiger partial charge >= 0.3 is 0 Å². The van der Waals surface area contributed by atoms with Gasteiger partial charge in [0.1, 0.15) is 5.82 Å². The van der Waals surface area contributed by atoms with Gasteiger partial charge < -0.3 is 9.84 Å². The van der Waals surface area contributed by atoms with Crippen LogP contribution in [0.15, 0.2) is 22.7 Å². The van der Waals surface area contributed by atoms with Gasteiger partial charge in [-0.2, -0.15) is 4.98 Å². The molecule has 5 heteroatoms. The lowest BCUT2D eigenvalue weighted by Gasteiger charge is -2.00. The molecule has 0 amide bonds. The molecule has 100 valence electrons. The van der Waals surface area contributed by atoms with Crippen molar-refractivity contribution in [2.24, 2.45) is 5.92 Å². The average molecular weight is 261 g/mol. The zero-order valence-corrected chi connectivity index (χ0v) is 10.8. The third kappa shape index (κ3) is 2.98. The molecule has 0 unspecified atom stereocenters. The van der Waals surface area contributed by atoms with Crippen LogP contribution in [-0.2, 0) is 6.54 Å². The third-order valence-electron chi connectivity index (χ3n) is 3.30. The Labute approximate surface area is 111 Å². The highest BCUT2D eigenvalue weighted by Gasteiger charge is 2.20. The van der Waals surface area contributed by atoms with Gasteiger partial charge in [-0.15, -0.1) is 0 Å². The van der Waals surface area contributed by atoms with Crippen LogP contribution in [0.3, 0.4) is 0 Å². The summed E-state index contributed by atoms with van der Waals surface area (Å²) < 4.78 is 18.2. The first-order valence-electron chi connectivity index (χ1n) is 6.52. The molecule has 1 fully saturated rings. The minimum atomic E-state index is -0.254. The molecule has 0 atom stereocenters. The zero-order chi connectivity index (χ0) is 13.2. The van der Waals surface area contributed by atoms with E-state index in [1.54, 1.807) is 6.07 Å². The monoisotopic (exact) mass is 261 g/mol. The topological polar surface area (TPSA) is 51.0 Å². The van der Waals surface area contributed by atoms with E-state index in [0.717, 1.165) is 23.6 Å². The maximum absolute atomic E-state index is 13.0. The van der Waals surface area contributed by atoms with Crippen molar-refractivity contribution in [2.45, 2.75) is 26.3 Å². The summed E-state index contributed by atoms with van der Waals surface area (Å²) in [6, 6.07) is 4.55. The Kier molecular flexibility index (Phi) is 3.29. The summed E-state index contributed by atoms with van der Waals surface area (Å²) in [7, 11) is 0. The Balaban J connectivity index is 1.68. The molecular formula is C14H16FN3O. The smallest absolute Gasteiger partial charge is 0.240 e. The Bertz CT molecular complexity index is 578. The van der Waals surface area contributed by atoms with Gasteiger partial charge in [-0.25, -0.2) is 4.39 Å². The fraction of sp³-hybridized carbons (Fsp3) is 0.429.